The Morgan fingerprint density at radius 2 is 2.00 bits per heavy atom. The van der Waals surface area contributed by atoms with E-state index in [1.165, 1.54) is 23.5 Å². The fourth-order valence-electron chi connectivity index (χ4n) is 1.61. The Balaban J connectivity index is 2.61. The van der Waals surface area contributed by atoms with Gasteiger partial charge in [0.15, 0.2) is 0 Å². The molecule has 0 atom stereocenters. The molecule has 2 rings (SSSR count). The van der Waals surface area contributed by atoms with Crippen LogP contribution in [-0.2, 0) is 4.79 Å². The van der Waals surface area contributed by atoms with Gasteiger partial charge in [0, 0.05) is 22.6 Å². The number of aromatic carboxylic acids is 1. The summed E-state index contributed by atoms with van der Waals surface area (Å²) in [6.45, 7) is 0. The number of carboxylic acid groups (broad SMARTS) is 2. The van der Waals surface area contributed by atoms with Crippen LogP contribution >= 0.6 is 11.3 Å². The molecule has 1 heterocycles. The molecule has 6 nitrogen and oxygen atoms in total. The van der Waals surface area contributed by atoms with Gasteiger partial charge in [0.1, 0.15) is 11.3 Å². The number of benzene rings is 1. The standard InChI is InChI=1S/C13H9NO5S/c15-11(16)2-1-7-3-8(10-5-20-6-14-10)4-9(12(7)17)13(18)19/h1-6,17H,(H,15,16)(H,18,19). The summed E-state index contributed by atoms with van der Waals surface area (Å²) < 4.78 is 0. The zero-order valence-electron chi connectivity index (χ0n) is 9.98. The van der Waals surface area contributed by atoms with Crippen LogP contribution in [0.15, 0.2) is 29.1 Å². The van der Waals surface area contributed by atoms with Crippen LogP contribution < -0.4 is 0 Å². The van der Waals surface area contributed by atoms with Crippen molar-refractivity contribution in [3.8, 4) is 17.0 Å². The number of hydrogen-bond acceptors (Lipinski definition) is 5. The van der Waals surface area contributed by atoms with Gasteiger partial charge in [-0.1, -0.05) is 0 Å². The minimum absolute atomic E-state index is 0.107. The molecule has 0 aliphatic heterocycles. The molecule has 20 heavy (non-hydrogen) atoms. The van der Waals surface area contributed by atoms with Crippen LogP contribution in [0.2, 0.25) is 0 Å². The van der Waals surface area contributed by atoms with Crippen LogP contribution in [-0.4, -0.2) is 32.2 Å². The summed E-state index contributed by atoms with van der Waals surface area (Å²) in [5.74, 6) is -2.97. The smallest absolute Gasteiger partial charge is 0.339 e. The number of thiazole rings is 1. The van der Waals surface area contributed by atoms with Gasteiger partial charge in [0.25, 0.3) is 0 Å². The number of hydrogen-bond donors (Lipinski definition) is 3. The predicted molar refractivity (Wildman–Crippen MR) is 72.8 cm³/mol. The van der Waals surface area contributed by atoms with Crippen LogP contribution in [0.5, 0.6) is 5.75 Å². The van der Waals surface area contributed by atoms with Crippen LogP contribution in [0.25, 0.3) is 17.3 Å². The van der Waals surface area contributed by atoms with E-state index in [9.17, 15) is 14.7 Å². The highest BCUT2D eigenvalue weighted by atomic mass is 32.1. The molecule has 0 fully saturated rings. The first-order valence-corrected chi connectivity index (χ1v) is 6.33. The zero-order valence-corrected chi connectivity index (χ0v) is 10.8. The number of aromatic nitrogens is 1. The van der Waals surface area contributed by atoms with Gasteiger partial charge >= 0.3 is 11.9 Å². The number of phenols is 1. The summed E-state index contributed by atoms with van der Waals surface area (Å²) >= 11 is 1.34. The molecule has 1 aromatic carbocycles. The largest absolute Gasteiger partial charge is 0.506 e. The fourth-order valence-corrected chi connectivity index (χ4v) is 2.17. The summed E-state index contributed by atoms with van der Waals surface area (Å²) in [4.78, 5) is 25.7. The average molecular weight is 291 g/mol. The summed E-state index contributed by atoms with van der Waals surface area (Å²) in [5, 5.41) is 29.2. The first-order chi connectivity index (χ1) is 9.49. The molecule has 7 heteroatoms. The number of aliphatic carboxylic acids is 1. The second-order valence-corrected chi connectivity index (χ2v) is 4.53. The van der Waals surface area contributed by atoms with E-state index in [-0.39, 0.29) is 11.1 Å². The van der Waals surface area contributed by atoms with Gasteiger partial charge in [-0.3, -0.25) is 0 Å². The van der Waals surface area contributed by atoms with Gasteiger partial charge in [0.05, 0.1) is 11.2 Å². The highest BCUT2D eigenvalue weighted by molar-refractivity contribution is 7.07. The Kier molecular flexibility index (Phi) is 3.81. The molecule has 0 radical (unpaired) electrons. The molecule has 102 valence electrons. The zero-order chi connectivity index (χ0) is 14.7. The number of rotatable bonds is 4. The quantitative estimate of drug-likeness (QED) is 0.746. The maximum absolute atomic E-state index is 11.1. The lowest BCUT2D eigenvalue weighted by Crippen LogP contribution is -1.99. The lowest BCUT2D eigenvalue weighted by molar-refractivity contribution is -0.131. The summed E-state index contributed by atoms with van der Waals surface area (Å²) in [6.07, 6.45) is 1.96. The van der Waals surface area contributed by atoms with Crippen LogP contribution in [0.1, 0.15) is 15.9 Å². The van der Waals surface area contributed by atoms with Crippen molar-refractivity contribution in [3.05, 3.63) is 40.2 Å². The van der Waals surface area contributed by atoms with Crippen molar-refractivity contribution in [2.45, 2.75) is 0 Å². The Hall–Kier alpha value is -2.67. The van der Waals surface area contributed by atoms with Crippen molar-refractivity contribution in [1.82, 2.24) is 4.98 Å². The second kappa shape index (κ2) is 5.54. The molecule has 0 bridgehead atoms. The van der Waals surface area contributed by atoms with Gasteiger partial charge < -0.3 is 15.3 Å². The van der Waals surface area contributed by atoms with E-state index in [0.29, 0.717) is 11.3 Å². The van der Waals surface area contributed by atoms with Gasteiger partial charge in [-0.05, 0) is 18.2 Å². The average Bonchev–Trinajstić information content (AvgIpc) is 2.90. The van der Waals surface area contributed by atoms with Crippen molar-refractivity contribution in [1.29, 1.82) is 0 Å². The molecule has 3 N–H and O–H groups in total. The van der Waals surface area contributed by atoms with Crippen molar-refractivity contribution >= 4 is 29.4 Å². The van der Waals surface area contributed by atoms with Crippen LogP contribution in [0.3, 0.4) is 0 Å². The summed E-state index contributed by atoms with van der Waals surface area (Å²) in [6, 6.07) is 2.78. The van der Waals surface area contributed by atoms with E-state index in [1.807, 2.05) is 0 Å². The second-order valence-electron chi connectivity index (χ2n) is 3.81. The summed E-state index contributed by atoms with van der Waals surface area (Å²) in [5.41, 5.74) is 2.44. The Morgan fingerprint density at radius 3 is 2.55 bits per heavy atom. The summed E-state index contributed by atoms with van der Waals surface area (Å²) in [7, 11) is 0. The maximum Gasteiger partial charge on any atom is 0.339 e. The number of carbonyl (C=O) groups is 2. The number of nitrogens with zero attached hydrogens (tertiary/aromatic N) is 1. The molecule has 1 aromatic heterocycles. The highest BCUT2D eigenvalue weighted by Gasteiger charge is 2.16. The first kappa shape index (κ1) is 13.8. The molecule has 0 spiro atoms. The predicted octanol–water partition coefficient (Wildman–Crippen LogP) is 2.31. The molecule has 2 aromatic rings. The normalized spacial score (nSPS) is 10.8. The Bertz CT molecular complexity index is 691. The van der Waals surface area contributed by atoms with Crippen molar-refractivity contribution in [3.63, 3.8) is 0 Å². The molecular formula is C13H9NO5S. The van der Waals surface area contributed by atoms with E-state index >= 15 is 0 Å². The van der Waals surface area contributed by atoms with E-state index in [4.69, 9.17) is 10.2 Å². The minimum Gasteiger partial charge on any atom is -0.506 e. The molecular weight excluding hydrogens is 282 g/mol. The third kappa shape index (κ3) is 2.83. The maximum atomic E-state index is 11.1. The van der Waals surface area contributed by atoms with Crippen LogP contribution in [0.4, 0.5) is 0 Å². The number of aromatic hydroxyl groups is 1. The topological polar surface area (TPSA) is 108 Å². The molecule has 0 aliphatic carbocycles. The van der Waals surface area contributed by atoms with E-state index in [2.05, 4.69) is 4.98 Å². The first-order valence-electron chi connectivity index (χ1n) is 5.39. The fraction of sp³-hybridized carbons (Fsp3) is 0. The molecule has 0 amide bonds. The molecule has 0 saturated carbocycles. The van der Waals surface area contributed by atoms with Crippen LogP contribution in [0, 0.1) is 0 Å². The van der Waals surface area contributed by atoms with Gasteiger partial charge in [-0.15, -0.1) is 11.3 Å². The molecule has 0 saturated heterocycles. The third-order valence-electron chi connectivity index (χ3n) is 2.50. The van der Waals surface area contributed by atoms with Gasteiger partial charge in [-0.2, -0.15) is 0 Å². The van der Waals surface area contributed by atoms with E-state index < -0.39 is 17.7 Å². The molecule has 0 unspecified atom stereocenters. The third-order valence-corrected chi connectivity index (χ3v) is 3.09. The van der Waals surface area contributed by atoms with Gasteiger partial charge in [0.2, 0.25) is 0 Å². The molecule has 0 aliphatic rings. The SMILES string of the molecule is O=C(O)C=Cc1cc(-c2cscn2)cc(C(=O)O)c1O. The van der Waals surface area contributed by atoms with E-state index in [1.54, 1.807) is 10.9 Å². The lowest BCUT2D eigenvalue weighted by Gasteiger charge is -2.07. The Morgan fingerprint density at radius 1 is 1.25 bits per heavy atom. The minimum atomic E-state index is -1.30. The van der Waals surface area contributed by atoms with E-state index in [0.717, 1.165) is 12.2 Å². The van der Waals surface area contributed by atoms with Crippen molar-refractivity contribution in [2.24, 2.45) is 0 Å². The van der Waals surface area contributed by atoms with Crippen molar-refractivity contribution < 1.29 is 24.9 Å². The Labute approximate surface area is 117 Å². The lowest BCUT2D eigenvalue weighted by atomic mass is 10.0. The van der Waals surface area contributed by atoms with Crippen molar-refractivity contribution in [2.75, 3.05) is 0 Å². The monoisotopic (exact) mass is 291 g/mol. The van der Waals surface area contributed by atoms with Gasteiger partial charge in [-0.25, -0.2) is 14.6 Å². The highest BCUT2D eigenvalue weighted by Crippen LogP contribution is 2.31. The number of carboxylic acids is 2.